The predicted octanol–water partition coefficient (Wildman–Crippen LogP) is 1.52. The summed E-state index contributed by atoms with van der Waals surface area (Å²) < 4.78 is 22.8. The van der Waals surface area contributed by atoms with Gasteiger partial charge in [0.1, 0.15) is 0 Å². The highest BCUT2D eigenvalue weighted by Crippen LogP contribution is 2.20. The van der Waals surface area contributed by atoms with Gasteiger partial charge in [-0.05, 0) is 43.4 Å². The van der Waals surface area contributed by atoms with Crippen molar-refractivity contribution >= 4 is 21.4 Å². The molecule has 2 heterocycles. The molecule has 1 N–H and O–H groups in total. The Bertz CT molecular complexity index is 649. The highest BCUT2D eigenvalue weighted by molar-refractivity contribution is 7.91. The Labute approximate surface area is 138 Å². The molecule has 1 aromatic rings. The molecule has 3 rings (SSSR count). The van der Waals surface area contributed by atoms with Crippen molar-refractivity contribution in [1.82, 2.24) is 5.32 Å². The molecule has 0 saturated carbocycles. The third-order valence-electron chi connectivity index (χ3n) is 4.62. The average Bonchev–Trinajstić information content (AvgIpc) is 2.87. The molecule has 2 aliphatic heterocycles. The molecule has 2 aliphatic rings. The van der Waals surface area contributed by atoms with E-state index in [-0.39, 0.29) is 23.5 Å². The van der Waals surface area contributed by atoms with E-state index in [0.29, 0.717) is 12.8 Å². The molecular weight excluding hydrogens is 312 g/mol. The fourth-order valence-corrected chi connectivity index (χ4v) is 5.02. The molecule has 2 saturated heterocycles. The fourth-order valence-electron chi connectivity index (χ4n) is 3.35. The zero-order chi connectivity index (χ0) is 16.3. The molecule has 2 fully saturated rings. The maximum Gasteiger partial charge on any atom is 0.224 e. The van der Waals surface area contributed by atoms with Crippen molar-refractivity contribution in [2.45, 2.75) is 38.1 Å². The molecule has 1 unspecified atom stereocenters. The highest BCUT2D eigenvalue weighted by atomic mass is 32.2. The number of sulfone groups is 1. The Hall–Kier alpha value is -1.56. The van der Waals surface area contributed by atoms with E-state index in [1.807, 2.05) is 12.1 Å². The van der Waals surface area contributed by atoms with E-state index >= 15 is 0 Å². The van der Waals surface area contributed by atoms with E-state index in [9.17, 15) is 13.2 Å². The van der Waals surface area contributed by atoms with E-state index in [1.165, 1.54) is 24.9 Å². The molecule has 0 aromatic heterocycles. The first kappa shape index (κ1) is 16.3. The van der Waals surface area contributed by atoms with Crippen LogP contribution in [0.15, 0.2) is 24.3 Å². The zero-order valence-electron chi connectivity index (χ0n) is 13.3. The number of piperidine rings is 1. The van der Waals surface area contributed by atoms with Crippen LogP contribution in [0, 0.1) is 0 Å². The molecule has 6 heteroatoms. The summed E-state index contributed by atoms with van der Waals surface area (Å²) in [5.41, 5.74) is 2.18. The zero-order valence-corrected chi connectivity index (χ0v) is 14.1. The summed E-state index contributed by atoms with van der Waals surface area (Å²) in [6.45, 7) is 2.21. The molecule has 0 bridgehead atoms. The minimum atomic E-state index is -2.95. The standard InChI is InChI=1S/C17H24N2O3S/c20-17(18-15-8-11-23(21,22)13-15)12-14-4-6-16(7-5-14)19-9-2-1-3-10-19/h4-7,15H,1-3,8-13H2,(H,18,20). The first-order valence-electron chi connectivity index (χ1n) is 8.35. The lowest BCUT2D eigenvalue weighted by Gasteiger charge is -2.28. The van der Waals surface area contributed by atoms with Crippen molar-refractivity contribution in [1.29, 1.82) is 0 Å². The van der Waals surface area contributed by atoms with Crippen molar-refractivity contribution in [2.75, 3.05) is 29.5 Å². The van der Waals surface area contributed by atoms with Gasteiger partial charge in [-0.25, -0.2) is 8.42 Å². The van der Waals surface area contributed by atoms with Crippen LogP contribution in [-0.4, -0.2) is 45.0 Å². The topological polar surface area (TPSA) is 66.5 Å². The van der Waals surface area contributed by atoms with Crippen LogP contribution in [0.2, 0.25) is 0 Å². The number of anilines is 1. The summed E-state index contributed by atoms with van der Waals surface area (Å²) in [6, 6.07) is 7.92. The lowest BCUT2D eigenvalue weighted by molar-refractivity contribution is -0.120. The van der Waals surface area contributed by atoms with Gasteiger partial charge in [-0.3, -0.25) is 4.79 Å². The summed E-state index contributed by atoms with van der Waals surface area (Å²) in [5.74, 6) is 0.160. The van der Waals surface area contributed by atoms with Gasteiger partial charge in [0.2, 0.25) is 5.91 Å². The van der Waals surface area contributed by atoms with Crippen LogP contribution in [0.25, 0.3) is 0 Å². The van der Waals surface area contributed by atoms with Crippen LogP contribution >= 0.6 is 0 Å². The number of carbonyl (C=O) groups excluding carboxylic acids is 1. The normalized spacial score (nSPS) is 23.7. The van der Waals surface area contributed by atoms with Crippen LogP contribution in [0.5, 0.6) is 0 Å². The molecule has 1 amide bonds. The number of carbonyl (C=O) groups is 1. The first-order valence-corrected chi connectivity index (χ1v) is 10.2. The SMILES string of the molecule is O=C(Cc1ccc(N2CCCCC2)cc1)NC1CCS(=O)(=O)C1. The lowest BCUT2D eigenvalue weighted by atomic mass is 10.1. The van der Waals surface area contributed by atoms with Gasteiger partial charge in [0, 0.05) is 24.8 Å². The third-order valence-corrected chi connectivity index (χ3v) is 6.39. The molecule has 0 radical (unpaired) electrons. The van der Waals surface area contributed by atoms with Crippen LogP contribution in [0.1, 0.15) is 31.2 Å². The average molecular weight is 336 g/mol. The van der Waals surface area contributed by atoms with E-state index < -0.39 is 9.84 Å². The number of nitrogens with one attached hydrogen (secondary N) is 1. The van der Waals surface area contributed by atoms with Crippen LogP contribution in [0.3, 0.4) is 0 Å². The van der Waals surface area contributed by atoms with Gasteiger partial charge in [-0.15, -0.1) is 0 Å². The van der Waals surface area contributed by atoms with Crippen molar-refractivity contribution < 1.29 is 13.2 Å². The van der Waals surface area contributed by atoms with E-state index in [1.54, 1.807) is 0 Å². The van der Waals surface area contributed by atoms with Crippen LogP contribution in [0.4, 0.5) is 5.69 Å². The summed E-state index contributed by atoms with van der Waals surface area (Å²) >= 11 is 0. The third kappa shape index (κ3) is 4.47. The van der Waals surface area contributed by atoms with E-state index in [4.69, 9.17) is 0 Å². The van der Waals surface area contributed by atoms with Gasteiger partial charge in [-0.1, -0.05) is 12.1 Å². The van der Waals surface area contributed by atoms with Gasteiger partial charge in [-0.2, -0.15) is 0 Å². The molecule has 1 aromatic carbocycles. The Morgan fingerprint density at radius 2 is 1.83 bits per heavy atom. The molecule has 0 spiro atoms. The highest BCUT2D eigenvalue weighted by Gasteiger charge is 2.28. The van der Waals surface area contributed by atoms with Crippen molar-refractivity contribution in [3.05, 3.63) is 29.8 Å². The number of rotatable bonds is 4. The summed E-state index contributed by atoms with van der Waals surface area (Å²) in [5, 5.41) is 2.83. The Kier molecular flexibility index (Phi) is 4.90. The van der Waals surface area contributed by atoms with E-state index in [0.717, 1.165) is 18.7 Å². The van der Waals surface area contributed by atoms with Gasteiger partial charge < -0.3 is 10.2 Å². The maximum absolute atomic E-state index is 12.0. The Morgan fingerprint density at radius 1 is 1.13 bits per heavy atom. The second-order valence-electron chi connectivity index (χ2n) is 6.56. The second-order valence-corrected chi connectivity index (χ2v) is 8.79. The van der Waals surface area contributed by atoms with Crippen molar-refractivity contribution in [2.24, 2.45) is 0 Å². The Morgan fingerprint density at radius 3 is 2.43 bits per heavy atom. The second kappa shape index (κ2) is 6.91. The lowest BCUT2D eigenvalue weighted by Crippen LogP contribution is -2.36. The largest absolute Gasteiger partial charge is 0.372 e. The van der Waals surface area contributed by atoms with Gasteiger partial charge in [0.15, 0.2) is 9.84 Å². The number of amides is 1. The van der Waals surface area contributed by atoms with Crippen molar-refractivity contribution in [3.8, 4) is 0 Å². The summed E-state index contributed by atoms with van der Waals surface area (Å²) in [6.07, 6.45) is 4.63. The summed E-state index contributed by atoms with van der Waals surface area (Å²) in [7, 11) is -2.95. The molecule has 1 atom stereocenters. The minimum Gasteiger partial charge on any atom is -0.372 e. The molecule has 0 aliphatic carbocycles. The monoisotopic (exact) mass is 336 g/mol. The maximum atomic E-state index is 12.0. The fraction of sp³-hybridized carbons (Fsp3) is 0.588. The Balaban J connectivity index is 1.52. The van der Waals surface area contributed by atoms with Gasteiger partial charge in [0.05, 0.1) is 17.9 Å². The quantitative estimate of drug-likeness (QED) is 0.905. The molecule has 5 nitrogen and oxygen atoms in total. The predicted molar refractivity (Wildman–Crippen MR) is 91.4 cm³/mol. The number of benzene rings is 1. The number of hydrogen-bond donors (Lipinski definition) is 1. The smallest absolute Gasteiger partial charge is 0.224 e. The molecule has 126 valence electrons. The van der Waals surface area contributed by atoms with Gasteiger partial charge in [0.25, 0.3) is 0 Å². The van der Waals surface area contributed by atoms with E-state index in [2.05, 4.69) is 22.3 Å². The minimum absolute atomic E-state index is 0.0760. The number of hydrogen-bond acceptors (Lipinski definition) is 4. The molecule has 23 heavy (non-hydrogen) atoms. The van der Waals surface area contributed by atoms with Crippen molar-refractivity contribution in [3.63, 3.8) is 0 Å². The van der Waals surface area contributed by atoms with Crippen LogP contribution < -0.4 is 10.2 Å². The molecular formula is C17H24N2O3S. The van der Waals surface area contributed by atoms with Gasteiger partial charge >= 0.3 is 0 Å². The summed E-state index contributed by atoms with van der Waals surface area (Å²) in [4.78, 5) is 14.4. The van der Waals surface area contributed by atoms with Crippen LogP contribution in [-0.2, 0) is 21.1 Å². The first-order chi connectivity index (χ1) is 11.0. The number of nitrogens with zero attached hydrogens (tertiary/aromatic N) is 1.